The van der Waals surface area contributed by atoms with Gasteiger partial charge in [0.25, 0.3) is 0 Å². The zero-order chi connectivity index (χ0) is 35.3. The Hall–Kier alpha value is -6.55. The Balaban J connectivity index is 0.00000384. The quantitative estimate of drug-likeness (QED) is 0.169. The number of rotatable bonds is 6. The molecule has 260 valence electrons. The molecule has 0 atom stereocenters. The summed E-state index contributed by atoms with van der Waals surface area (Å²) in [7, 11) is 0. The number of aromatic hydroxyl groups is 1. The first-order valence-electron chi connectivity index (χ1n) is 17.7. The molecule has 0 radical (unpaired) electrons. The zero-order valence-electron chi connectivity index (χ0n) is 28.9. The van der Waals surface area contributed by atoms with Crippen LogP contribution in [0.25, 0.3) is 89.1 Å². The largest absolute Gasteiger partial charge is 0.507 e. The Morgan fingerprint density at radius 1 is 0.519 bits per heavy atom. The fraction of sp³-hybridized carbons (Fsp3) is 0. The van der Waals surface area contributed by atoms with Gasteiger partial charge in [0.1, 0.15) is 11.6 Å². The van der Waals surface area contributed by atoms with Crippen molar-refractivity contribution in [3.63, 3.8) is 0 Å². The van der Waals surface area contributed by atoms with E-state index in [0.717, 1.165) is 77.7 Å². The van der Waals surface area contributed by atoms with Gasteiger partial charge in [-0.2, -0.15) is 0 Å². The van der Waals surface area contributed by atoms with Crippen LogP contribution in [0.4, 0.5) is 0 Å². The van der Waals surface area contributed by atoms with Crippen LogP contribution in [0, 0.1) is 6.07 Å². The van der Waals surface area contributed by atoms with Gasteiger partial charge in [0.15, 0.2) is 0 Å². The van der Waals surface area contributed by atoms with Crippen LogP contribution in [-0.4, -0.2) is 24.2 Å². The molecule has 1 N–H and O–H groups in total. The molecule has 10 rings (SSSR count). The van der Waals surface area contributed by atoms with Gasteiger partial charge in [-0.1, -0.05) is 138 Å². The summed E-state index contributed by atoms with van der Waals surface area (Å²) >= 11 is 0. The third-order valence-electron chi connectivity index (χ3n) is 9.97. The van der Waals surface area contributed by atoms with Crippen LogP contribution in [-0.2, 0) is 21.1 Å². The van der Waals surface area contributed by atoms with Crippen molar-refractivity contribution in [2.45, 2.75) is 0 Å². The summed E-state index contributed by atoms with van der Waals surface area (Å²) in [6, 6.07) is 63.7. The number of benzene rings is 7. The van der Waals surface area contributed by atoms with Gasteiger partial charge in [-0.3, -0.25) is 9.55 Å². The summed E-state index contributed by atoms with van der Waals surface area (Å²) < 4.78 is 4.47. The van der Waals surface area contributed by atoms with Gasteiger partial charge < -0.3 is 9.67 Å². The molecule has 6 heteroatoms. The number of pyridine rings is 1. The van der Waals surface area contributed by atoms with Crippen LogP contribution in [0.15, 0.2) is 182 Å². The van der Waals surface area contributed by atoms with E-state index in [9.17, 15) is 5.11 Å². The van der Waals surface area contributed by atoms with Crippen LogP contribution in [0.3, 0.4) is 0 Å². The van der Waals surface area contributed by atoms with Crippen LogP contribution in [0.1, 0.15) is 0 Å². The molecule has 0 amide bonds. The molecule has 0 bridgehead atoms. The number of imidazole rings is 1. The van der Waals surface area contributed by atoms with E-state index < -0.39 is 0 Å². The second kappa shape index (κ2) is 13.8. The van der Waals surface area contributed by atoms with Crippen molar-refractivity contribution >= 4 is 32.8 Å². The molecule has 0 spiro atoms. The van der Waals surface area contributed by atoms with Gasteiger partial charge >= 0.3 is 0 Å². The van der Waals surface area contributed by atoms with E-state index >= 15 is 0 Å². The summed E-state index contributed by atoms with van der Waals surface area (Å²) in [6.45, 7) is 0. The molecular weight excluding hydrogens is 844 g/mol. The van der Waals surface area contributed by atoms with Crippen LogP contribution in [0.5, 0.6) is 5.75 Å². The van der Waals surface area contributed by atoms with Crippen molar-refractivity contribution in [1.29, 1.82) is 0 Å². The van der Waals surface area contributed by atoms with Crippen LogP contribution >= 0.6 is 0 Å². The molecule has 0 saturated heterocycles. The minimum atomic E-state index is 0. The topological polar surface area (TPSA) is 55.9 Å². The molecule has 0 fully saturated rings. The third kappa shape index (κ3) is 5.53. The smallest absolute Gasteiger partial charge is 0.148 e. The van der Waals surface area contributed by atoms with Gasteiger partial charge in [0.05, 0.1) is 16.6 Å². The number of fused-ring (bicyclic) bond motifs is 4. The number of nitrogens with zero attached hydrogens (tertiary/aromatic N) is 4. The molecule has 0 aliphatic rings. The summed E-state index contributed by atoms with van der Waals surface area (Å²) in [5.74, 6) is 0.834. The molecule has 3 aromatic heterocycles. The van der Waals surface area contributed by atoms with Crippen molar-refractivity contribution in [3.8, 4) is 62.0 Å². The van der Waals surface area contributed by atoms with Crippen molar-refractivity contribution < 1.29 is 26.2 Å². The molecule has 5 nitrogen and oxygen atoms in total. The molecular formula is C48H31N4OPt-. The summed E-state index contributed by atoms with van der Waals surface area (Å²) in [4.78, 5) is 10.3. The number of aromatic nitrogens is 4. The Kier molecular flexibility index (Phi) is 8.49. The standard InChI is InChI=1S/C48H31N4O.Pt/c53-45-26-13-11-22-39(45)48-50-47-37(23-14-25-43(47)52(48)36-19-8-3-9-20-36)40-29-34(41-30-33(27-28-49-41)32-15-4-1-5-16-32)31-44-46(40)38-21-10-12-24-42(38)51(44)35-17-6-2-7-18-35;/h1-28,30-31,53H;/q-1;. The van der Waals surface area contributed by atoms with Crippen molar-refractivity contribution in [1.82, 2.24) is 19.1 Å². The number of phenols is 1. The van der Waals surface area contributed by atoms with E-state index in [1.54, 1.807) is 6.07 Å². The van der Waals surface area contributed by atoms with E-state index in [2.05, 4.69) is 137 Å². The first kappa shape index (κ1) is 33.3. The van der Waals surface area contributed by atoms with E-state index in [0.29, 0.717) is 11.4 Å². The first-order valence-corrected chi connectivity index (χ1v) is 17.7. The van der Waals surface area contributed by atoms with Gasteiger partial charge in [0.2, 0.25) is 0 Å². The minimum Gasteiger partial charge on any atom is -0.507 e. The Labute approximate surface area is 326 Å². The molecule has 10 aromatic rings. The van der Waals surface area contributed by atoms with E-state index in [4.69, 9.17) is 9.97 Å². The van der Waals surface area contributed by atoms with E-state index in [1.807, 2.05) is 54.7 Å². The maximum absolute atomic E-state index is 11.1. The molecule has 0 aliphatic carbocycles. The van der Waals surface area contributed by atoms with Crippen molar-refractivity contribution in [3.05, 3.63) is 188 Å². The van der Waals surface area contributed by atoms with Gasteiger partial charge in [-0.15, -0.1) is 11.6 Å². The number of phenolic OH excluding ortho intramolecular Hbond substituents is 1. The zero-order valence-corrected chi connectivity index (χ0v) is 31.1. The predicted molar refractivity (Wildman–Crippen MR) is 215 cm³/mol. The van der Waals surface area contributed by atoms with Crippen molar-refractivity contribution in [2.24, 2.45) is 0 Å². The summed E-state index contributed by atoms with van der Waals surface area (Å²) in [6.07, 6.45) is 1.88. The second-order valence-corrected chi connectivity index (χ2v) is 13.1. The molecule has 0 unspecified atom stereocenters. The fourth-order valence-corrected chi connectivity index (χ4v) is 7.60. The third-order valence-corrected chi connectivity index (χ3v) is 9.97. The minimum absolute atomic E-state index is 0. The molecule has 0 saturated carbocycles. The Bertz CT molecular complexity index is 2950. The van der Waals surface area contributed by atoms with Crippen LogP contribution < -0.4 is 0 Å². The number of hydrogen-bond acceptors (Lipinski definition) is 3. The number of para-hydroxylation sites is 5. The Morgan fingerprint density at radius 2 is 1.15 bits per heavy atom. The normalized spacial score (nSPS) is 11.3. The second-order valence-electron chi connectivity index (χ2n) is 13.1. The van der Waals surface area contributed by atoms with Gasteiger partial charge in [0, 0.05) is 49.8 Å². The monoisotopic (exact) mass is 874 g/mol. The van der Waals surface area contributed by atoms with Crippen molar-refractivity contribution in [2.75, 3.05) is 0 Å². The maximum atomic E-state index is 11.1. The van der Waals surface area contributed by atoms with Crippen LogP contribution in [0.2, 0.25) is 0 Å². The summed E-state index contributed by atoms with van der Waals surface area (Å²) in [5, 5.41) is 13.3. The van der Waals surface area contributed by atoms with E-state index in [1.165, 1.54) is 0 Å². The van der Waals surface area contributed by atoms with Gasteiger partial charge in [-0.05, 0) is 76.6 Å². The molecule has 54 heavy (non-hydrogen) atoms. The maximum Gasteiger partial charge on any atom is 0.148 e. The SMILES string of the molecule is Oc1ccccc1-c1nc2c(-c3[c-]c(-c4cc(-c5ccccc5)ccn4)cc4c3c3ccccc3n4-c3ccccc3)cccc2n1-c1ccccc1.[Pt]. The summed E-state index contributed by atoms with van der Waals surface area (Å²) in [5.41, 5.74) is 12.4. The average molecular weight is 875 g/mol. The average Bonchev–Trinajstić information content (AvgIpc) is 3.78. The Morgan fingerprint density at radius 3 is 1.91 bits per heavy atom. The van der Waals surface area contributed by atoms with E-state index in [-0.39, 0.29) is 26.8 Å². The fourth-order valence-electron chi connectivity index (χ4n) is 7.60. The predicted octanol–water partition coefficient (Wildman–Crippen LogP) is 11.7. The number of hydrogen-bond donors (Lipinski definition) is 1. The first-order chi connectivity index (χ1) is 26.2. The molecule has 0 aliphatic heterocycles. The van der Waals surface area contributed by atoms with Gasteiger partial charge in [-0.25, -0.2) is 4.98 Å². The molecule has 3 heterocycles. The molecule has 7 aromatic carbocycles.